The minimum atomic E-state index is -0.117. The Morgan fingerprint density at radius 1 is 0.431 bits per heavy atom. The molecule has 0 unspecified atom stereocenters. The third-order valence-electron chi connectivity index (χ3n) is 10.9. The van der Waals surface area contributed by atoms with Gasteiger partial charge in [0.2, 0.25) is 0 Å². The second kappa shape index (κ2) is 11.3. The van der Waals surface area contributed by atoms with Gasteiger partial charge in [0.1, 0.15) is 11.2 Å². The number of benzene rings is 8. The van der Waals surface area contributed by atoms with E-state index in [1.54, 1.807) is 0 Å². The van der Waals surface area contributed by atoms with Crippen molar-refractivity contribution in [3.8, 4) is 33.4 Å². The number of furan rings is 1. The SMILES string of the molecule is CC1(C)c2ccccc2-c2ccc(N(c3ccc(-c4ccccc4)cc3)c3ccccc3-c3cccc4oc5cc6ccccc6cc5c34)cc21. The summed E-state index contributed by atoms with van der Waals surface area (Å²) in [5, 5.41) is 4.65. The molecule has 1 aliphatic carbocycles. The highest BCUT2D eigenvalue weighted by atomic mass is 16.3. The fraction of sp³-hybridized carbons (Fsp3) is 0.0612. The Kier molecular flexibility index (Phi) is 6.56. The van der Waals surface area contributed by atoms with Crippen LogP contribution in [-0.4, -0.2) is 0 Å². The van der Waals surface area contributed by atoms with Crippen molar-refractivity contribution < 1.29 is 4.42 Å². The molecule has 0 atom stereocenters. The number of rotatable bonds is 5. The van der Waals surface area contributed by atoms with Crippen molar-refractivity contribution in [3.63, 3.8) is 0 Å². The molecule has 1 heterocycles. The topological polar surface area (TPSA) is 16.4 Å². The molecule has 1 aromatic heterocycles. The molecule has 2 nitrogen and oxygen atoms in total. The summed E-state index contributed by atoms with van der Waals surface area (Å²) in [5.41, 5.74) is 15.1. The maximum Gasteiger partial charge on any atom is 0.136 e. The van der Waals surface area contributed by atoms with E-state index in [4.69, 9.17) is 4.42 Å². The van der Waals surface area contributed by atoms with Crippen molar-refractivity contribution in [1.29, 1.82) is 0 Å². The van der Waals surface area contributed by atoms with Gasteiger partial charge in [0, 0.05) is 33.1 Å². The van der Waals surface area contributed by atoms with Gasteiger partial charge < -0.3 is 9.32 Å². The van der Waals surface area contributed by atoms with Crippen molar-refractivity contribution in [2.45, 2.75) is 19.3 Å². The average molecular weight is 654 g/mol. The molecule has 0 spiro atoms. The van der Waals surface area contributed by atoms with Crippen LogP contribution in [0.3, 0.4) is 0 Å². The zero-order valence-electron chi connectivity index (χ0n) is 28.6. The summed E-state index contributed by atoms with van der Waals surface area (Å²) in [6, 6.07) is 63.7. The van der Waals surface area contributed by atoms with Gasteiger partial charge in [0.15, 0.2) is 0 Å². The van der Waals surface area contributed by atoms with E-state index in [2.05, 4.69) is 195 Å². The summed E-state index contributed by atoms with van der Waals surface area (Å²) in [6.07, 6.45) is 0. The summed E-state index contributed by atoms with van der Waals surface area (Å²) >= 11 is 0. The van der Waals surface area contributed by atoms with E-state index in [0.717, 1.165) is 50.1 Å². The fourth-order valence-electron chi connectivity index (χ4n) is 8.32. The van der Waals surface area contributed by atoms with Crippen LogP contribution in [0.15, 0.2) is 180 Å². The minimum Gasteiger partial charge on any atom is -0.456 e. The second-order valence-corrected chi connectivity index (χ2v) is 14.1. The Morgan fingerprint density at radius 2 is 1.06 bits per heavy atom. The van der Waals surface area contributed by atoms with Gasteiger partial charge in [-0.3, -0.25) is 0 Å². The molecule has 0 N–H and O–H groups in total. The first-order valence-electron chi connectivity index (χ1n) is 17.7. The van der Waals surface area contributed by atoms with E-state index >= 15 is 0 Å². The molecule has 1 aliphatic rings. The van der Waals surface area contributed by atoms with Crippen LogP contribution in [0, 0.1) is 0 Å². The summed E-state index contributed by atoms with van der Waals surface area (Å²) in [7, 11) is 0. The molecule has 8 aromatic carbocycles. The lowest BCUT2D eigenvalue weighted by Gasteiger charge is -2.30. The van der Waals surface area contributed by atoms with Gasteiger partial charge in [-0.2, -0.15) is 0 Å². The van der Waals surface area contributed by atoms with Crippen molar-refractivity contribution >= 4 is 49.8 Å². The lowest BCUT2D eigenvalue weighted by atomic mass is 9.82. The maximum atomic E-state index is 6.54. The predicted molar refractivity (Wildman–Crippen MR) is 214 cm³/mol. The van der Waals surface area contributed by atoms with Crippen LogP contribution in [0.25, 0.3) is 66.1 Å². The molecular formula is C49H35NO. The first-order chi connectivity index (χ1) is 25.0. The summed E-state index contributed by atoms with van der Waals surface area (Å²) in [5.74, 6) is 0. The lowest BCUT2D eigenvalue weighted by Crippen LogP contribution is -2.16. The van der Waals surface area contributed by atoms with E-state index in [9.17, 15) is 0 Å². The Labute approximate surface area is 297 Å². The monoisotopic (exact) mass is 653 g/mol. The van der Waals surface area contributed by atoms with Gasteiger partial charge in [0.25, 0.3) is 0 Å². The Hall–Kier alpha value is -6.38. The number of nitrogens with zero attached hydrogens (tertiary/aromatic N) is 1. The van der Waals surface area contributed by atoms with E-state index in [1.807, 2.05) is 0 Å². The largest absolute Gasteiger partial charge is 0.456 e. The molecule has 0 fully saturated rings. The van der Waals surface area contributed by atoms with Gasteiger partial charge >= 0.3 is 0 Å². The molecule has 10 rings (SSSR count). The highest BCUT2D eigenvalue weighted by molar-refractivity contribution is 6.16. The minimum absolute atomic E-state index is 0.117. The molecule has 242 valence electrons. The first kappa shape index (κ1) is 29.5. The smallest absolute Gasteiger partial charge is 0.136 e. The van der Waals surface area contributed by atoms with Gasteiger partial charge in [-0.1, -0.05) is 141 Å². The van der Waals surface area contributed by atoms with E-state index in [0.29, 0.717) is 0 Å². The van der Waals surface area contributed by atoms with E-state index in [-0.39, 0.29) is 5.41 Å². The third-order valence-corrected chi connectivity index (χ3v) is 10.9. The predicted octanol–water partition coefficient (Wildman–Crippen LogP) is 13.8. The number of hydrogen-bond acceptors (Lipinski definition) is 2. The number of anilines is 3. The van der Waals surface area contributed by atoms with Crippen molar-refractivity contribution in [1.82, 2.24) is 0 Å². The van der Waals surface area contributed by atoms with Crippen LogP contribution in [0.2, 0.25) is 0 Å². The summed E-state index contributed by atoms with van der Waals surface area (Å²) in [6.45, 7) is 4.70. The molecule has 0 saturated heterocycles. The molecule has 2 heteroatoms. The van der Waals surface area contributed by atoms with Crippen LogP contribution in [-0.2, 0) is 5.41 Å². The van der Waals surface area contributed by atoms with Crippen LogP contribution in [0.5, 0.6) is 0 Å². The maximum absolute atomic E-state index is 6.54. The summed E-state index contributed by atoms with van der Waals surface area (Å²) < 4.78 is 6.54. The van der Waals surface area contributed by atoms with Crippen LogP contribution < -0.4 is 4.90 Å². The van der Waals surface area contributed by atoms with Gasteiger partial charge in [-0.25, -0.2) is 0 Å². The highest BCUT2D eigenvalue weighted by Crippen LogP contribution is 2.52. The fourth-order valence-corrected chi connectivity index (χ4v) is 8.32. The molecule has 51 heavy (non-hydrogen) atoms. The number of fused-ring (bicyclic) bond motifs is 7. The van der Waals surface area contributed by atoms with Gasteiger partial charge in [-0.15, -0.1) is 0 Å². The Bertz CT molecular complexity index is 2770. The molecule has 0 radical (unpaired) electrons. The quantitative estimate of drug-likeness (QED) is 0.184. The first-order valence-corrected chi connectivity index (χ1v) is 17.7. The second-order valence-electron chi connectivity index (χ2n) is 14.1. The molecule has 0 bridgehead atoms. The summed E-state index contributed by atoms with van der Waals surface area (Å²) in [4.78, 5) is 2.43. The van der Waals surface area contributed by atoms with Crippen molar-refractivity contribution in [2.75, 3.05) is 4.90 Å². The normalized spacial score (nSPS) is 13.1. The third kappa shape index (κ3) is 4.64. The lowest BCUT2D eigenvalue weighted by molar-refractivity contribution is 0.660. The van der Waals surface area contributed by atoms with Crippen molar-refractivity contribution in [3.05, 3.63) is 187 Å². The van der Waals surface area contributed by atoms with Crippen LogP contribution in [0.1, 0.15) is 25.0 Å². The molecule has 0 aliphatic heterocycles. The molecular weight excluding hydrogens is 619 g/mol. The zero-order valence-corrected chi connectivity index (χ0v) is 28.6. The van der Waals surface area contributed by atoms with Crippen molar-refractivity contribution in [2.24, 2.45) is 0 Å². The molecule has 9 aromatic rings. The molecule has 0 amide bonds. The highest BCUT2D eigenvalue weighted by Gasteiger charge is 2.36. The molecule has 0 saturated carbocycles. The standard InChI is InChI=1S/C49H35NO/c1-49(2)43-20-10-8-17-38(43)39-28-27-37(31-44(39)49)50(36-25-23-33(24-26-36)32-13-4-3-5-14-32)45-21-11-9-18-40(45)41-19-12-22-46-48(41)42-29-34-15-6-7-16-35(34)30-47(42)51-46/h3-31H,1-2H3. The van der Waals surface area contributed by atoms with Crippen LogP contribution in [0.4, 0.5) is 17.1 Å². The Morgan fingerprint density at radius 3 is 1.88 bits per heavy atom. The van der Waals surface area contributed by atoms with Gasteiger partial charge in [0.05, 0.1) is 5.69 Å². The van der Waals surface area contributed by atoms with Crippen LogP contribution >= 0.6 is 0 Å². The zero-order chi connectivity index (χ0) is 34.1. The Balaban J connectivity index is 1.20. The van der Waals surface area contributed by atoms with E-state index in [1.165, 1.54) is 44.2 Å². The van der Waals surface area contributed by atoms with Gasteiger partial charge in [-0.05, 0) is 98.2 Å². The number of hydrogen-bond donors (Lipinski definition) is 0. The number of para-hydroxylation sites is 1. The van der Waals surface area contributed by atoms with E-state index < -0.39 is 0 Å². The average Bonchev–Trinajstić information content (AvgIpc) is 3.66.